The van der Waals surface area contributed by atoms with Gasteiger partial charge in [0.25, 0.3) is 5.91 Å². The Bertz CT molecular complexity index is 1610. The second-order valence-corrected chi connectivity index (χ2v) is 21.1. The van der Waals surface area contributed by atoms with Gasteiger partial charge in [-0.3, -0.25) is 4.79 Å². The first-order valence-electron chi connectivity index (χ1n) is 17.1. The zero-order chi connectivity index (χ0) is 34.1. The molecular weight excluding hydrogens is 611 g/mol. The highest BCUT2D eigenvalue weighted by atomic mass is 28.3. The van der Waals surface area contributed by atoms with Crippen LogP contribution in [-0.4, -0.2) is 77.5 Å². The molecule has 1 saturated carbocycles. The van der Waals surface area contributed by atoms with Crippen LogP contribution in [0.15, 0.2) is 18.2 Å². The van der Waals surface area contributed by atoms with Gasteiger partial charge >= 0.3 is 6.09 Å². The van der Waals surface area contributed by atoms with Crippen LogP contribution >= 0.6 is 0 Å². The highest BCUT2D eigenvalue weighted by Gasteiger charge is 2.31. The molecule has 1 aliphatic heterocycles. The van der Waals surface area contributed by atoms with E-state index in [1.165, 1.54) is 12.8 Å². The summed E-state index contributed by atoms with van der Waals surface area (Å²) in [5, 5.41) is 3.26. The Hall–Kier alpha value is -3.44. The van der Waals surface area contributed by atoms with Crippen LogP contribution in [0, 0.1) is 26.7 Å². The number of aromatic nitrogens is 3. The van der Waals surface area contributed by atoms with Crippen LogP contribution in [0.5, 0.6) is 5.75 Å². The highest BCUT2D eigenvalue weighted by Crippen LogP contribution is 2.39. The molecule has 11 heteroatoms. The first-order chi connectivity index (χ1) is 22.1. The van der Waals surface area contributed by atoms with Gasteiger partial charge in [-0.2, -0.15) is 0 Å². The number of nitrogens with zero attached hydrogens (tertiary/aromatic N) is 4. The number of nitrogens with one attached hydrogen (secondary N) is 1. The molecule has 0 atom stereocenters. The molecule has 1 N–H and O–H groups in total. The Balaban J connectivity index is 1.48. The molecule has 0 bridgehead atoms. The molecule has 1 aromatic carbocycles. The van der Waals surface area contributed by atoms with Crippen molar-refractivity contribution in [1.29, 1.82) is 0 Å². The fraction of sp³-hybridized carbons (Fsp3) is 0.611. The van der Waals surface area contributed by atoms with Crippen LogP contribution < -0.4 is 10.1 Å². The van der Waals surface area contributed by atoms with Gasteiger partial charge in [-0.1, -0.05) is 31.3 Å². The van der Waals surface area contributed by atoms with Crippen molar-refractivity contribution in [3.63, 3.8) is 0 Å². The van der Waals surface area contributed by atoms with Crippen molar-refractivity contribution in [1.82, 2.24) is 24.8 Å². The first-order valence-corrected chi connectivity index (χ1v) is 20.8. The summed E-state index contributed by atoms with van der Waals surface area (Å²) >= 11 is 0. The van der Waals surface area contributed by atoms with Crippen molar-refractivity contribution < 1.29 is 23.8 Å². The highest BCUT2D eigenvalue weighted by molar-refractivity contribution is 6.76. The van der Waals surface area contributed by atoms with E-state index in [-0.39, 0.29) is 24.8 Å². The van der Waals surface area contributed by atoms with E-state index in [0.29, 0.717) is 62.0 Å². The van der Waals surface area contributed by atoms with E-state index in [0.717, 1.165) is 39.8 Å². The monoisotopic (exact) mass is 663 g/mol. The fourth-order valence-corrected chi connectivity index (χ4v) is 6.62. The fourth-order valence-electron chi connectivity index (χ4n) is 5.86. The van der Waals surface area contributed by atoms with Crippen LogP contribution in [0.3, 0.4) is 0 Å². The van der Waals surface area contributed by atoms with E-state index in [9.17, 15) is 9.59 Å². The first kappa shape index (κ1) is 34.9. The van der Waals surface area contributed by atoms with Gasteiger partial charge in [0, 0.05) is 45.1 Å². The minimum Gasteiger partial charge on any atom is -0.493 e. The van der Waals surface area contributed by atoms with Crippen molar-refractivity contribution in [3.8, 4) is 17.0 Å². The number of aryl methyl sites for hydroxylation is 2. The Morgan fingerprint density at radius 1 is 1.02 bits per heavy atom. The van der Waals surface area contributed by atoms with Gasteiger partial charge in [0.05, 0.1) is 17.7 Å². The van der Waals surface area contributed by atoms with Gasteiger partial charge < -0.3 is 29.0 Å². The van der Waals surface area contributed by atoms with E-state index in [4.69, 9.17) is 24.2 Å². The maximum atomic E-state index is 14.1. The quantitative estimate of drug-likeness (QED) is 0.170. The minimum atomic E-state index is -1.29. The number of carbonyl (C=O) groups is 2. The molecule has 10 nitrogen and oxygen atoms in total. The van der Waals surface area contributed by atoms with E-state index < -0.39 is 13.7 Å². The number of fused-ring (bicyclic) bond motifs is 1. The molecule has 47 heavy (non-hydrogen) atoms. The summed E-state index contributed by atoms with van der Waals surface area (Å²) in [5.74, 6) is 1.80. The molecule has 256 valence electrons. The molecule has 0 unspecified atom stereocenters. The maximum absolute atomic E-state index is 14.1. The number of ether oxygens (including phenoxy) is 3. The van der Waals surface area contributed by atoms with Crippen molar-refractivity contribution in [2.45, 2.75) is 111 Å². The SMILES string of the molecule is Cc1ccc(OCC2CC2)c(-c2nc(C)nc3c(C(=O)NC4CCN(C(=O)OC(C)(C)C)CC4)c(C)n(COCC[Si](C)(C)C)c23)c1. The topological polar surface area (TPSA) is 108 Å². The summed E-state index contributed by atoms with van der Waals surface area (Å²) < 4.78 is 20.3. The van der Waals surface area contributed by atoms with Gasteiger partial charge in [0.2, 0.25) is 0 Å². The van der Waals surface area contributed by atoms with Crippen molar-refractivity contribution in [3.05, 3.63) is 40.8 Å². The molecule has 3 heterocycles. The lowest BCUT2D eigenvalue weighted by atomic mass is 10.0. The van der Waals surface area contributed by atoms with Gasteiger partial charge in [-0.05, 0) is 91.3 Å². The number of carbonyl (C=O) groups excluding carboxylic acids is 2. The van der Waals surface area contributed by atoms with Gasteiger partial charge in [0.15, 0.2) is 0 Å². The molecule has 2 amide bonds. The summed E-state index contributed by atoms with van der Waals surface area (Å²) in [6.45, 7) is 21.2. The average molecular weight is 664 g/mol. The van der Waals surface area contributed by atoms with E-state index >= 15 is 0 Å². The van der Waals surface area contributed by atoms with Crippen molar-refractivity contribution in [2.24, 2.45) is 5.92 Å². The predicted molar refractivity (Wildman–Crippen MR) is 188 cm³/mol. The number of amides is 2. The standard InChI is InChI=1S/C36H53N5O5Si/c1-23-10-13-29(45-21-26-11-12-26)28(20-23)31-33-32(38-25(3)37-31)30(24(2)41(33)22-44-18-19-47(7,8)9)34(42)39-27-14-16-40(17-15-27)35(43)46-36(4,5)6/h10,13,20,26-27H,11-12,14-19,21-22H2,1-9H3,(H,39,42). The molecule has 2 aliphatic rings. The Morgan fingerprint density at radius 3 is 2.36 bits per heavy atom. The molecule has 2 fully saturated rings. The number of hydrogen-bond donors (Lipinski definition) is 1. The second kappa shape index (κ2) is 14.0. The normalized spacial score (nSPS) is 16.1. The summed E-state index contributed by atoms with van der Waals surface area (Å²) in [6, 6.07) is 7.17. The Morgan fingerprint density at radius 2 is 1.72 bits per heavy atom. The predicted octanol–water partition coefficient (Wildman–Crippen LogP) is 7.25. The molecule has 5 rings (SSSR count). The van der Waals surface area contributed by atoms with Crippen LogP contribution in [0.2, 0.25) is 25.7 Å². The number of rotatable bonds is 11. The van der Waals surface area contributed by atoms with Crippen LogP contribution in [-0.2, 0) is 16.2 Å². The van der Waals surface area contributed by atoms with E-state index in [1.54, 1.807) is 4.90 Å². The molecule has 1 saturated heterocycles. The number of likely N-dealkylation sites (tertiary alicyclic amines) is 1. The minimum absolute atomic E-state index is 0.0754. The van der Waals surface area contributed by atoms with Crippen molar-refractivity contribution >= 4 is 31.1 Å². The third-order valence-corrected chi connectivity index (χ3v) is 10.5. The van der Waals surface area contributed by atoms with Gasteiger partial charge in [-0.25, -0.2) is 14.8 Å². The Kier molecular flexibility index (Phi) is 10.4. The lowest BCUT2D eigenvalue weighted by Crippen LogP contribution is -2.47. The third-order valence-electron chi connectivity index (χ3n) is 8.76. The molecular formula is C36H53N5O5Si. The number of hydrogen-bond acceptors (Lipinski definition) is 7. The second-order valence-electron chi connectivity index (χ2n) is 15.5. The molecule has 1 aliphatic carbocycles. The van der Waals surface area contributed by atoms with Gasteiger partial charge in [0.1, 0.15) is 35.1 Å². The molecule has 0 radical (unpaired) electrons. The van der Waals surface area contributed by atoms with E-state index in [1.807, 2.05) is 40.7 Å². The maximum Gasteiger partial charge on any atom is 0.410 e. The van der Waals surface area contributed by atoms with Crippen LogP contribution in [0.4, 0.5) is 4.79 Å². The summed E-state index contributed by atoms with van der Waals surface area (Å²) in [4.78, 5) is 38.3. The van der Waals surface area contributed by atoms with Crippen LogP contribution in [0.1, 0.15) is 73.9 Å². The number of piperidine rings is 1. The third kappa shape index (κ3) is 8.93. The zero-order valence-electron chi connectivity index (χ0n) is 29.8. The van der Waals surface area contributed by atoms with Crippen molar-refractivity contribution in [2.75, 3.05) is 26.3 Å². The van der Waals surface area contributed by atoms with E-state index in [2.05, 4.69) is 48.6 Å². The summed E-state index contributed by atoms with van der Waals surface area (Å²) in [5.41, 5.74) is 4.87. The molecule has 2 aromatic heterocycles. The van der Waals surface area contributed by atoms with Crippen LogP contribution in [0.25, 0.3) is 22.3 Å². The average Bonchev–Trinajstić information content (AvgIpc) is 3.76. The zero-order valence-corrected chi connectivity index (χ0v) is 30.8. The Labute approximate surface area is 280 Å². The lowest BCUT2D eigenvalue weighted by Gasteiger charge is -2.33. The summed E-state index contributed by atoms with van der Waals surface area (Å²) in [6.07, 6.45) is 3.38. The lowest BCUT2D eigenvalue weighted by molar-refractivity contribution is 0.0199. The molecule has 0 spiro atoms. The smallest absolute Gasteiger partial charge is 0.410 e. The largest absolute Gasteiger partial charge is 0.493 e. The van der Waals surface area contributed by atoms with Gasteiger partial charge in [-0.15, -0.1) is 0 Å². The molecule has 3 aromatic rings. The summed E-state index contributed by atoms with van der Waals surface area (Å²) in [7, 11) is -1.29. The number of benzene rings is 1.